The number of aryl methyl sites for hydroxylation is 2. The van der Waals surface area contributed by atoms with Gasteiger partial charge in [0.25, 0.3) is 0 Å². The van der Waals surface area contributed by atoms with Gasteiger partial charge in [0.1, 0.15) is 0 Å². The summed E-state index contributed by atoms with van der Waals surface area (Å²) in [6.07, 6.45) is 1.62. The highest BCUT2D eigenvalue weighted by molar-refractivity contribution is 7.09. The summed E-state index contributed by atoms with van der Waals surface area (Å²) in [5.74, 6) is -1.33. The number of benzene rings is 2. The highest BCUT2D eigenvalue weighted by Gasteiger charge is 2.22. The van der Waals surface area contributed by atoms with Crippen LogP contribution < -0.4 is 5.32 Å². The Kier molecular flexibility index (Phi) is 5.63. The van der Waals surface area contributed by atoms with Gasteiger partial charge in [-0.2, -0.15) is 0 Å². The van der Waals surface area contributed by atoms with E-state index in [4.69, 9.17) is 0 Å². The summed E-state index contributed by atoms with van der Waals surface area (Å²) in [6.45, 7) is 1.95. The van der Waals surface area contributed by atoms with Crippen molar-refractivity contribution >= 4 is 34.0 Å². The molecule has 3 rings (SSSR count). The number of amides is 1. The number of fused-ring (bicyclic) bond motifs is 1. The topological polar surface area (TPSA) is 79.3 Å². The molecule has 0 aliphatic carbocycles. The lowest BCUT2D eigenvalue weighted by atomic mass is 10.0. The van der Waals surface area contributed by atoms with Crippen molar-refractivity contribution in [2.75, 3.05) is 0 Å². The molecule has 0 bridgehead atoms. The van der Waals surface area contributed by atoms with Crippen molar-refractivity contribution in [3.63, 3.8) is 0 Å². The number of rotatable bonds is 7. The quantitative estimate of drug-likeness (QED) is 0.663. The van der Waals surface area contributed by atoms with E-state index >= 15 is 0 Å². The molecule has 2 N–H and O–H groups in total. The Bertz CT molecular complexity index is 935. The standard InChI is InChI=1S/C20H20N2O3S/c1-13-21-17(12-26-13)7-4-8-18(23)22-19(20(24)25)16-10-9-14-5-2-3-6-15(14)11-16/h2-3,5-6,9-12,19H,4,7-8H2,1H3,(H,22,23)(H,24,25). The molecule has 134 valence electrons. The van der Waals surface area contributed by atoms with Gasteiger partial charge in [-0.05, 0) is 42.2 Å². The van der Waals surface area contributed by atoms with Crippen molar-refractivity contribution in [3.8, 4) is 0 Å². The lowest BCUT2D eigenvalue weighted by Crippen LogP contribution is -2.33. The van der Waals surface area contributed by atoms with Gasteiger partial charge >= 0.3 is 5.97 Å². The van der Waals surface area contributed by atoms with E-state index in [9.17, 15) is 14.7 Å². The normalized spacial score (nSPS) is 12.0. The Morgan fingerprint density at radius 3 is 2.65 bits per heavy atom. The first-order valence-electron chi connectivity index (χ1n) is 8.45. The SMILES string of the molecule is Cc1nc(CCCC(=O)NC(C(=O)O)c2ccc3ccccc3c2)cs1. The molecular weight excluding hydrogens is 348 g/mol. The number of carboxylic acids is 1. The van der Waals surface area contributed by atoms with Crippen LogP contribution in [0.25, 0.3) is 10.8 Å². The first-order chi connectivity index (χ1) is 12.5. The van der Waals surface area contributed by atoms with Crippen molar-refractivity contribution < 1.29 is 14.7 Å². The molecular formula is C20H20N2O3S. The van der Waals surface area contributed by atoms with Crippen molar-refractivity contribution in [3.05, 3.63) is 64.1 Å². The second-order valence-corrected chi connectivity index (χ2v) is 7.22. The van der Waals surface area contributed by atoms with Crippen molar-refractivity contribution in [2.45, 2.75) is 32.2 Å². The largest absolute Gasteiger partial charge is 0.479 e. The molecule has 0 aliphatic rings. The van der Waals surface area contributed by atoms with Crippen molar-refractivity contribution in [1.29, 1.82) is 0 Å². The highest BCUT2D eigenvalue weighted by Crippen LogP contribution is 2.21. The molecule has 2 aromatic carbocycles. The molecule has 1 atom stereocenters. The smallest absolute Gasteiger partial charge is 0.330 e. The minimum absolute atomic E-state index is 0.266. The molecule has 0 spiro atoms. The molecule has 0 aliphatic heterocycles. The first kappa shape index (κ1) is 18.1. The average Bonchev–Trinajstić information content (AvgIpc) is 3.04. The van der Waals surface area contributed by atoms with E-state index in [1.165, 1.54) is 0 Å². The molecule has 3 aromatic rings. The van der Waals surface area contributed by atoms with Gasteiger partial charge in [0.15, 0.2) is 6.04 Å². The number of thiazole rings is 1. The zero-order valence-corrected chi connectivity index (χ0v) is 15.3. The van der Waals surface area contributed by atoms with E-state index in [-0.39, 0.29) is 12.3 Å². The molecule has 0 fully saturated rings. The number of aromatic nitrogens is 1. The van der Waals surface area contributed by atoms with Crippen LogP contribution in [0.4, 0.5) is 0 Å². The predicted molar refractivity (Wildman–Crippen MR) is 102 cm³/mol. The summed E-state index contributed by atoms with van der Waals surface area (Å²) in [5, 5.41) is 17.1. The number of hydrogen-bond donors (Lipinski definition) is 2. The summed E-state index contributed by atoms with van der Waals surface area (Å²) in [6, 6.07) is 12.1. The predicted octanol–water partition coefficient (Wildman–Crippen LogP) is 3.87. The van der Waals surface area contributed by atoms with Crippen LogP contribution in [0.1, 0.15) is 35.1 Å². The number of nitrogens with one attached hydrogen (secondary N) is 1. The van der Waals surface area contributed by atoms with Crippen LogP contribution in [0.15, 0.2) is 47.8 Å². The van der Waals surface area contributed by atoms with E-state index in [0.29, 0.717) is 18.4 Å². The van der Waals surface area contributed by atoms with E-state index in [2.05, 4.69) is 10.3 Å². The van der Waals surface area contributed by atoms with E-state index in [1.807, 2.05) is 48.7 Å². The molecule has 1 unspecified atom stereocenters. The number of aliphatic carboxylic acids is 1. The molecule has 1 amide bonds. The average molecular weight is 368 g/mol. The Balaban J connectivity index is 1.63. The fraction of sp³-hybridized carbons (Fsp3) is 0.250. The maximum Gasteiger partial charge on any atom is 0.330 e. The van der Waals surface area contributed by atoms with Gasteiger partial charge in [-0.1, -0.05) is 36.4 Å². The number of carbonyl (C=O) groups is 2. The molecule has 1 aromatic heterocycles. The number of carboxylic acid groups (broad SMARTS) is 1. The number of carbonyl (C=O) groups excluding carboxylic acids is 1. The Hall–Kier alpha value is -2.73. The maximum absolute atomic E-state index is 12.2. The molecule has 1 heterocycles. The summed E-state index contributed by atoms with van der Waals surface area (Å²) in [5.41, 5.74) is 1.55. The first-order valence-corrected chi connectivity index (χ1v) is 9.33. The minimum Gasteiger partial charge on any atom is -0.479 e. The second-order valence-electron chi connectivity index (χ2n) is 6.16. The van der Waals surface area contributed by atoms with Crippen LogP contribution in [0.2, 0.25) is 0 Å². The number of hydrogen-bond acceptors (Lipinski definition) is 4. The molecule has 5 nitrogen and oxygen atoms in total. The minimum atomic E-state index is -1.07. The van der Waals surface area contributed by atoms with Gasteiger partial charge in [0, 0.05) is 11.8 Å². The monoisotopic (exact) mass is 368 g/mol. The second kappa shape index (κ2) is 8.10. The molecule has 0 saturated carbocycles. The summed E-state index contributed by atoms with van der Waals surface area (Å²) < 4.78 is 0. The van der Waals surface area contributed by atoms with Gasteiger partial charge in [-0.25, -0.2) is 9.78 Å². The summed E-state index contributed by atoms with van der Waals surface area (Å²) >= 11 is 1.59. The zero-order chi connectivity index (χ0) is 18.5. The van der Waals surface area contributed by atoms with Gasteiger partial charge in [-0.3, -0.25) is 4.79 Å². The third kappa shape index (κ3) is 4.46. The lowest BCUT2D eigenvalue weighted by Gasteiger charge is -2.15. The molecule has 6 heteroatoms. The van der Waals surface area contributed by atoms with Crippen LogP contribution in [0, 0.1) is 6.92 Å². The van der Waals surface area contributed by atoms with Gasteiger partial charge in [0.05, 0.1) is 10.7 Å². The summed E-state index contributed by atoms with van der Waals surface area (Å²) in [7, 11) is 0. The van der Waals surface area contributed by atoms with Crippen molar-refractivity contribution in [2.24, 2.45) is 0 Å². The van der Waals surface area contributed by atoms with E-state index in [0.717, 1.165) is 21.5 Å². The Morgan fingerprint density at radius 1 is 1.19 bits per heavy atom. The Morgan fingerprint density at radius 2 is 1.96 bits per heavy atom. The van der Waals surface area contributed by atoms with Crippen LogP contribution in [-0.2, 0) is 16.0 Å². The molecule has 0 radical (unpaired) electrons. The molecule has 26 heavy (non-hydrogen) atoms. The van der Waals surface area contributed by atoms with Crippen LogP contribution in [0.5, 0.6) is 0 Å². The molecule has 0 saturated heterocycles. The van der Waals surface area contributed by atoms with E-state index < -0.39 is 12.0 Å². The van der Waals surface area contributed by atoms with Gasteiger partial charge in [-0.15, -0.1) is 11.3 Å². The summed E-state index contributed by atoms with van der Waals surface area (Å²) in [4.78, 5) is 28.2. The van der Waals surface area contributed by atoms with Crippen LogP contribution in [-0.4, -0.2) is 22.0 Å². The zero-order valence-electron chi connectivity index (χ0n) is 14.4. The fourth-order valence-corrected chi connectivity index (χ4v) is 3.51. The van der Waals surface area contributed by atoms with Crippen LogP contribution in [0.3, 0.4) is 0 Å². The maximum atomic E-state index is 12.2. The van der Waals surface area contributed by atoms with Gasteiger partial charge < -0.3 is 10.4 Å². The third-order valence-electron chi connectivity index (χ3n) is 4.16. The number of nitrogens with zero attached hydrogens (tertiary/aromatic N) is 1. The van der Waals surface area contributed by atoms with E-state index in [1.54, 1.807) is 17.4 Å². The Labute approximate surface area is 155 Å². The third-order valence-corrected chi connectivity index (χ3v) is 4.98. The van der Waals surface area contributed by atoms with Crippen molar-refractivity contribution in [1.82, 2.24) is 10.3 Å². The van der Waals surface area contributed by atoms with Crippen LogP contribution >= 0.6 is 11.3 Å². The fourth-order valence-electron chi connectivity index (χ4n) is 2.86. The van der Waals surface area contributed by atoms with Gasteiger partial charge in [0.2, 0.25) is 5.91 Å². The highest BCUT2D eigenvalue weighted by atomic mass is 32.1. The lowest BCUT2D eigenvalue weighted by molar-refractivity contribution is -0.142.